The first kappa shape index (κ1) is 15.2. The zero-order valence-corrected chi connectivity index (χ0v) is 13.4. The Morgan fingerprint density at radius 1 is 1.60 bits per heavy atom. The van der Waals surface area contributed by atoms with Crippen LogP contribution in [0.2, 0.25) is 0 Å². The molecule has 0 saturated carbocycles. The quantitative estimate of drug-likeness (QED) is 0.640. The summed E-state index contributed by atoms with van der Waals surface area (Å²) in [7, 11) is 0. The van der Waals surface area contributed by atoms with Crippen molar-refractivity contribution in [2.75, 3.05) is 31.6 Å². The number of aromatic nitrogens is 1. The Kier molecular flexibility index (Phi) is 4.95. The second-order valence-electron chi connectivity index (χ2n) is 4.92. The molecule has 1 fully saturated rings. The first-order valence-electron chi connectivity index (χ1n) is 6.72. The number of nitrogen functional groups attached to an aromatic ring is 1. The summed E-state index contributed by atoms with van der Waals surface area (Å²) >= 11 is 3.34. The van der Waals surface area contributed by atoms with Crippen molar-refractivity contribution in [3.05, 3.63) is 22.3 Å². The second kappa shape index (κ2) is 6.51. The summed E-state index contributed by atoms with van der Waals surface area (Å²) in [4.78, 5) is 21.0. The number of hydrogen-bond acceptors (Lipinski definition) is 5. The normalized spacial score (nSPS) is 20.0. The van der Waals surface area contributed by atoms with Crippen molar-refractivity contribution in [1.82, 2.24) is 14.8 Å². The summed E-state index contributed by atoms with van der Waals surface area (Å²) in [6.07, 6.45) is 1.61. The molecular formula is C13H20BrN5O. The molecule has 1 aliphatic heterocycles. The Hall–Kier alpha value is -1.18. The minimum absolute atomic E-state index is 0.0330. The molecular weight excluding hydrogens is 322 g/mol. The zero-order chi connectivity index (χ0) is 14.7. The summed E-state index contributed by atoms with van der Waals surface area (Å²) in [5, 5.41) is 0. The van der Waals surface area contributed by atoms with Crippen molar-refractivity contribution in [1.29, 1.82) is 0 Å². The third-order valence-corrected chi connectivity index (χ3v) is 4.11. The van der Waals surface area contributed by atoms with Gasteiger partial charge in [-0.2, -0.15) is 0 Å². The summed E-state index contributed by atoms with van der Waals surface area (Å²) in [5.74, 6) is 5.81. The van der Waals surface area contributed by atoms with E-state index in [4.69, 9.17) is 5.84 Å². The van der Waals surface area contributed by atoms with Crippen LogP contribution in [0.3, 0.4) is 0 Å². The van der Waals surface area contributed by atoms with E-state index in [0.717, 1.165) is 30.7 Å². The van der Waals surface area contributed by atoms with Crippen molar-refractivity contribution in [2.24, 2.45) is 5.84 Å². The van der Waals surface area contributed by atoms with E-state index in [2.05, 4.69) is 45.1 Å². The number of hydrogen-bond donors (Lipinski definition) is 2. The fourth-order valence-electron chi connectivity index (χ4n) is 2.54. The van der Waals surface area contributed by atoms with E-state index in [9.17, 15) is 4.79 Å². The number of pyridine rings is 1. The van der Waals surface area contributed by atoms with Gasteiger partial charge < -0.3 is 10.3 Å². The number of nitrogens with zero attached hydrogens (tertiary/aromatic N) is 3. The number of halogens is 1. The smallest absolute Gasteiger partial charge is 0.257 e. The highest BCUT2D eigenvalue weighted by Crippen LogP contribution is 2.20. The van der Waals surface area contributed by atoms with Crippen molar-refractivity contribution in [3.8, 4) is 0 Å². The van der Waals surface area contributed by atoms with Crippen LogP contribution < -0.4 is 11.3 Å². The molecule has 0 aromatic carbocycles. The van der Waals surface area contributed by atoms with E-state index < -0.39 is 0 Å². The molecule has 2 heterocycles. The topological polar surface area (TPSA) is 74.5 Å². The maximum Gasteiger partial charge on any atom is 0.257 e. The minimum atomic E-state index is -0.0330. The number of carbonyl (C=O) groups excluding carboxylic acids is 1. The van der Waals surface area contributed by atoms with Gasteiger partial charge >= 0.3 is 0 Å². The number of rotatable bonds is 3. The average molecular weight is 342 g/mol. The fraction of sp³-hybridized carbons (Fsp3) is 0.538. The maximum atomic E-state index is 12.6. The molecule has 110 valence electrons. The van der Waals surface area contributed by atoms with Crippen LogP contribution in [-0.4, -0.2) is 52.9 Å². The van der Waals surface area contributed by atoms with Gasteiger partial charge in [-0.05, 0) is 35.5 Å². The molecule has 20 heavy (non-hydrogen) atoms. The molecule has 1 unspecified atom stereocenters. The van der Waals surface area contributed by atoms with E-state index >= 15 is 0 Å². The molecule has 1 aromatic heterocycles. The van der Waals surface area contributed by atoms with E-state index in [-0.39, 0.29) is 5.91 Å². The predicted molar refractivity (Wildman–Crippen MR) is 82.4 cm³/mol. The number of amides is 1. The van der Waals surface area contributed by atoms with Crippen molar-refractivity contribution < 1.29 is 4.79 Å². The minimum Gasteiger partial charge on any atom is -0.336 e. The fourth-order valence-corrected chi connectivity index (χ4v) is 2.87. The van der Waals surface area contributed by atoms with Crippen LogP contribution >= 0.6 is 15.9 Å². The molecule has 0 spiro atoms. The van der Waals surface area contributed by atoms with Crippen molar-refractivity contribution >= 4 is 27.7 Å². The Balaban J connectivity index is 2.18. The van der Waals surface area contributed by atoms with Crippen LogP contribution in [0.4, 0.5) is 5.82 Å². The molecule has 6 nitrogen and oxygen atoms in total. The lowest BCUT2D eigenvalue weighted by atomic mass is 10.1. The summed E-state index contributed by atoms with van der Waals surface area (Å²) in [6.45, 7) is 7.65. The summed E-state index contributed by atoms with van der Waals surface area (Å²) in [6, 6.07) is 2.12. The van der Waals surface area contributed by atoms with Gasteiger partial charge in [0.15, 0.2) is 5.82 Å². The van der Waals surface area contributed by atoms with Crippen LogP contribution in [-0.2, 0) is 0 Å². The highest BCUT2D eigenvalue weighted by Gasteiger charge is 2.27. The SMILES string of the molecule is CCN1CCN(C(=O)c2cc(Br)cnc2NN)CC1C. The largest absolute Gasteiger partial charge is 0.336 e. The molecule has 0 bridgehead atoms. The highest BCUT2D eigenvalue weighted by atomic mass is 79.9. The molecule has 1 amide bonds. The first-order valence-corrected chi connectivity index (χ1v) is 7.51. The van der Waals surface area contributed by atoms with Gasteiger partial charge in [0.2, 0.25) is 0 Å². The van der Waals surface area contributed by atoms with Crippen LogP contribution in [0.15, 0.2) is 16.7 Å². The second-order valence-corrected chi connectivity index (χ2v) is 5.84. The van der Waals surface area contributed by atoms with Gasteiger partial charge in [-0.1, -0.05) is 6.92 Å². The number of anilines is 1. The molecule has 0 aliphatic carbocycles. The Morgan fingerprint density at radius 2 is 2.35 bits per heavy atom. The lowest BCUT2D eigenvalue weighted by Crippen LogP contribution is -2.53. The highest BCUT2D eigenvalue weighted by molar-refractivity contribution is 9.10. The van der Waals surface area contributed by atoms with Crippen molar-refractivity contribution in [2.45, 2.75) is 19.9 Å². The number of piperazine rings is 1. The summed E-state index contributed by atoms with van der Waals surface area (Å²) < 4.78 is 0.764. The molecule has 2 rings (SSSR count). The van der Waals surface area contributed by atoms with Gasteiger partial charge in [0.1, 0.15) is 0 Å². The van der Waals surface area contributed by atoms with Gasteiger partial charge in [-0.3, -0.25) is 9.69 Å². The third-order valence-electron chi connectivity index (χ3n) is 3.68. The Labute approximate surface area is 127 Å². The van der Waals surface area contributed by atoms with Crippen molar-refractivity contribution in [3.63, 3.8) is 0 Å². The number of hydrazine groups is 1. The first-order chi connectivity index (χ1) is 9.56. The molecule has 1 atom stereocenters. The maximum absolute atomic E-state index is 12.6. The number of nitrogens with two attached hydrogens (primary N) is 1. The zero-order valence-electron chi connectivity index (χ0n) is 11.8. The van der Waals surface area contributed by atoms with Gasteiger partial charge in [0, 0.05) is 36.3 Å². The van der Waals surface area contributed by atoms with E-state index in [1.165, 1.54) is 0 Å². The van der Waals surface area contributed by atoms with Gasteiger partial charge in [0.05, 0.1) is 5.56 Å². The third kappa shape index (κ3) is 3.11. The summed E-state index contributed by atoms with van der Waals surface area (Å²) in [5.41, 5.74) is 2.98. The molecule has 7 heteroatoms. The van der Waals surface area contributed by atoms with Gasteiger partial charge in [-0.25, -0.2) is 10.8 Å². The monoisotopic (exact) mass is 341 g/mol. The molecule has 0 radical (unpaired) electrons. The Bertz CT molecular complexity index is 496. The van der Waals surface area contributed by atoms with Crippen LogP contribution in [0.5, 0.6) is 0 Å². The number of likely N-dealkylation sites (N-methyl/N-ethyl adjacent to an activating group) is 1. The molecule has 1 saturated heterocycles. The van der Waals surface area contributed by atoms with E-state index in [1.54, 1.807) is 12.3 Å². The van der Waals surface area contributed by atoms with Crippen LogP contribution in [0.25, 0.3) is 0 Å². The van der Waals surface area contributed by atoms with E-state index in [1.807, 2.05) is 4.90 Å². The Morgan fingerprint density at radius 3 is 2.95 bits per heavy atom. The number of nitrogens with one attached hydrogen (secondary N) is 1. The average Bonchev–Trinajstić information content (AvgIpc) is 2.46. The standard InChI is InChI=1S/C13H20BrN5O/c1-3-18-4-5-19(8-9(18)2)13(20)11-6-10(14)7-16-12(11)17-15/h6-7,9H,3-5,8,15H2,1-2H3,(H,16,17). The lowest BCUT2D eigenvalue weighted by Gasteiger charge is -2.39. The number of carbonyl (C=O) groups is 1. The van der Waals surface area contributed by atoms with Gasteiger partial charge in [-0.15, -0.1) is 0 Å². The van der Waals surface area contributed by atoms with Gasteiger partial charge in [0.25, 0.3) is 5.91 Å². The molecule has 1 aromatic rings. The lowest BCUT2D eigenvalue weighted by molar-refractivity contribution is 0.0529. The predicted octanol–water partition coefficient (Wildman–Crippen LogP) is 1.30. The van der Waals surface area contributed by atoms with Crippen LogP contribution in [0.1, 0.15) is 24.2 Å². The van der Waals surface area contributed by atoms with E-state index in [0.29, 0.717) is 17.4 Å². The molecule has 3 N–H and O–H groups in total. The van der Waals surface area contributed by atoms with Crippen LogP contribution in [0, 0.1) is 0 Å². The molecule has 1 aliphatic rings.